The third kappa shape index (κ3) is 6.35. The van der Waals surface area contributed by atoms with E-state index >= 15 is 0 Å². The normalized spacial score (nSPS) is 17.1. The number of benzene rings is 2. The number of anilines is 2. The maximum absolute atomic E-state index is 13.5. The number of para-hydroxylation sites is 1. The number of amidine groups is 1. The van der Waals surface area contributed by atoms with E-state index in [1.54, 1.807) is 12.3 Å². The number of thioether (sulfide) groups is 1. The molecule has 0 bridgehead atoms. The van der Waals surface area contributed by atoms with Crippen molar-refractivity contribution in [1.29, 1.82) is 0 Å². The van der Waals surface area contributed by atoms with Crippen molar-refractivity contribution in [2.75, 3.05) is 60.0 Å². The van der Waals surface area contributed by atoms with Crippen LogP contribution in [0.4, 0.5) is 17.3 Å². The van der Waals surface area contributed by atoms with Gasteiger partial charge in [-0.1, -0.05) is 42.1 Å². The van der Waals surface area contributed by atoms with E-state index in [-0.39, 0.29) is 17.5 Å². The molecule has 0 radical (unpaired) electrons. The summed E-state index contributed by atoms with van der Waals surface area (Å²) in [4.78, 5) is 27.4. The molecule has 208 valence electrons. The standard InChI is InChI=1S/C28H31N7O4S/c1-3-32(4-2)22-12-10-21(11-13-22)18-24-27(37)35(23-8-6-5-7-9-23)28(29-24)40-20-25(36)30-26-19-34(31-39-26)33-14-16-38-17-15-33/h5-13,18-19H,3-4,14-17,20H2,1-2H3/b24-18+. The second kappa shape index (κ2) is 12.8. The van der Waals surface area contributed by atoms with Gasteiger partial charge in [-0.05, 0) is 55.7 Å². The van der Waals surface area contributed by atoms with Gasteiger partial charge in [0.1, 0.15) is 5.70 Å². The summed E-state index contributed by atoms with van der Waals surface area (Å²) in [6, 6.07) is 17.3. The highest BCUT2D eigenvalue weighted by Crippen LogP contribution is 2.29. The Morgan fingerprint density at radius 3 is 2.55 bits per heavy atom. The van der Waals surface area contributed by atoms with Crippen LogP contribution in [-0.4, -0.2) is 67.4 Å². The SMILES string of the molecule is CCN(CC)c1ccc(/C=C2/N=C(SC/C([O-])=N\c3c[n+](N4CCOCC4)no3)N(c3ccccc3)C2=O)cc1. The minimum atomic E-state index is -0.428. The van der Waals surface area contributed by atoms with Gasteiger partial charge in [0.2, 0.25) is 5.27 Å². The summed E-state index contributed by atoms with van der Waals surface area (Å²) in [6.07, 6.45) is 3.33. The van der Waals surface area contributed by atoms with E-state index in [1.165, 1.54) is 9.69 Å². The highest BCUT2D eigenvalue weighted by molar-refractivity contribution is 8.14. The molecule has 0 aliphatic carbocycles. The molecule has 2 aliphatic rings. The molecule has 2 aromatic carbocycles. The van der Waals surface area contributed by atoms with E-state index in [0.717, 1.165) is 36.1 Å². The molecule has 12 heteroatoms. The number of hydrogen-bond donors (Lipinski definition) is 0. The lowest BCUT2D eigenvalue weighted by molar-refractivity contribution is -0.759. The van der Waals surface area contributed by atoms with E-state index < -0.39 is 5.90 Å². The van der Waals surface area contributed by atoms with Gasteiger partial charge in [-0.25, -0.2) is 9.98 Å². The van der Waals surface area contributed by atoms with Gasteiger partial charge < -0.3 is 14.7 Å². The Bertz CT molecular complexity index is 1400. The molecule has 0 unspecified atom stereocenters. The summed E-state index contributed by atoms with van der Waals surface area (Å²) in [7, 11) is 0. The first-order valence-electron chi connectivity index (χ1n) is 13.2. The number of hydrogen-bond acceptors (Lipinski definition) is 10. The first-order valence-corrected chi connectivity index (χ1v) is 14.2. The number of carbonyl (C=O) groups excluding carboxylic acids is 1. The Labute approximate surface area is 237 Å². The number of amides is 1. The predicted octanol–water partition coefficient (Wildman–Crippen LogP) is 2.34. The van der Waals surface area contributed by atoms with Gasteiger partial charge in [-0.2, -0.15) is 0 Å². The van der Waals surface area contributed by atoms with Gasteiger partial charge >= 0.3 is 5.88 Å². The first kappa shape index (κ1) is 27.4. The van der Waals surface area contributed by atoms with E-state index in [9.17, 15) is 9.90 Å². The van der Waals surface area contributed by atoms with Crippen LogP contribution in [0.3, 0.4) is 0 Å². The lowest BCUT2D eigenvalue weighted by Gasteiger charge is -2.20. The Kier molecular flexibility index (Phi) is 8.77. The topological polar surface area (TPSA) is 114 Å². The fourth-order valence-corrected chi connectivity index (χ4v) is 5.18. The minimum absolute atomic E-state index is 0.0282. The molecule has 0 atom stereocenters. The van der Waals surface area contributed by atoms with Crippen LogP contribution in [0, 0.1) is 0 Å². The largest absolute Gasteiger partial charge is 0.861 e. The van der Waals surface area contributed by atoms with Gasteiger partial charge in [0.05, 0.1) is 36.8 Å². The second-order valence-electron chi connectivity index (χ2n) is 8.98. The number of carbonyl (C=O) groups is 1. The van der Waals surface area contributed by atoms with Gasteiger partial charge in [0, 0.05) is 24.5 Å². The van der Waals surface area contributed by atoms with E-state index in [4.69, 9.17) is 9.26 Å². The number of rotatable bonds is 9. The highest BCUT2D eigenvalue weighted by atomic mass is 32.2. The van der Waals surface area contributed by atoms with Crippen molar-refractivity contribution in [2.24, 2.45) is 9.98 Å². The zero-order chi connectivity index (χ0) is 27.9. The zero-order valence-corrected chi connectivity index (χ0v) is 23.3. The van der Waals surface area contributed by atoms with Gasteiger partial charge in [0.25, 0.3) is 12.1 Å². The molecule has 1 saturated heterocycles. The number of aliphatic imine (C=N–C) groups is 2. The third-order valence-electron chi connectivity index (χ3n) is 6.45. The quantitative estimate of drug-likeness (QED) is 0.169. The lowest BCUT2D eigenvalue weighted by Crippen LogP contribution is -2.62. The third-order valence-corrected chi connectivity index (χ3v) is 7.37. The van der Waals surface area contributed by atoms with Crippen molar-refractivity contribution in [3.63, 3.8) is 0 Å². The number of nitrogens with zero attached hydrogens (tertiary/aromatic N) is 7. The summed E-state index contributed by atoms with van der Waals surface area (Å²) < 4.78 is 10.6. The van der Waals surface area contributed by atoms with Crippen molar-refractivity contribution >= 4 is 52.1 Å². The smallest absolute Gasteiger partial charge is 0.324 e. The van der Waals surface area contributed by atoms with Crippen molar-refractivity contribution in [3.8, 4) is 0 Å². The zero-order valence-electron chi connectivity index (χ0n) is 22.5. The summed E-state index contributed by atoms with van der Waals surface area (Å²) in [5, 5.41) is 19.0. The molecular weight excluding hydrogens is 530 g/mol. The lowest BCUT2D eigenvalue weighted by atomic mass is 10.1. The van der Waals surface area contributed by atoms with Crippen LogP contribution < -0.4 is 24.7 Å². The Hall–Kier alpha value is -4.16. The maximum Gasteiger partial charge on any atom is 0.324 e. The number of morpholine rings is 1. The van der Waals surface area contributed by atoms with E-state index in [1.807, 2.05) is 59.6 Å². The fraction of sp³-hybridized carbons (Fsp3) is 0.321. The Morgan fingerprint density at radius 2 is 1.85 bits per heavy atom. The molecule has 3 aromatic rings. The van der Waals surface area contributed by atoms with Gasteiger partial charge in [-0.15, -0.1) is 5.01 Å². The van der Waals surface area contributed by atoms with Gasteiger partial charge in [-0.3, -0.25) is 14.2 Å². The van der Waals surface area contributed by atoms with Crippen LogP contribution in [0.1, 0.15) is 19.4 Å². The average Bonchev–Trinajstić information content (AvgIpc) is 3.58. The van der Waals surface area contributed by atoms with Crippen LogP contribution >= 0.6 is 11.8 Å². The monoisotopic (exact) mass is 561 g/mol. The van der Waals surface area contributed by atoms with Crippen molar-refractivity contribution in [2.45, 2.75) is 13.8 Å². The van der Waals surface area contributed by atoms with Crippen LogP contribution in [0.2, 0.25) is 0 Å². The average molecular weight is 562 g/mol. The van der Waals surface area contributed by atoms with Crippen LogP contribution in [0.15, 0.2) is 81.0 Å². The number of ether oxygens (including phenoxy) is 1. The molecule has 0 spiro atoms. The molecule has 5 rings (SSSR count). The predicted molar refractivity (Wildman–Crippen MR) is 154 cm³/mol. The molecule has 0 saturated carbocycles. The van der Waals surface area contributed by atoms with E-state index in [0.29, 0.717) is 42.9 Å². The molecule has 3 heterocycles. The summed E-state index contributed by atoms with van der Waals surface area (Å²) >= 11 is 1.15. The molecular formula is C28H31N7O4S. The Balaban J connectivity index is 1.33. The molecule has 11 nitrogen and oxygen atoms in total. The van der Waals surface area contributed by atoms with Crippen LogP contribution in [0.25, 0.3) is 6.08 Å². The van der Waals surface area contributed by atoms with Crippen LogP contribution in [-0.2, 0) is 9.53 Å². The Morgan fingerprint density at radius 1 is 1.12 bits per heavy atom. The van der Waals surface area contributed by atoms with Crippen LogP contribution in [0.5, 0.6) is 0 Å². The van der Waals surface area contributed by atoms with Gasteiger partial charge in [0.15, 0.2) is 5.17 Å². The molecule has 1 aromatic heterocycles. The van der Waals surface area contributed by atoms with Crippen molar-refractivity contribution in [3.05, 3.63) is 72.1 Å². The summed E-state index contributed by atoms with van der Waals surface area (Å²) in [5.74, 6) is -0.606. The van der Waals surface area contributed by atoms with Crippen molar-refractivity contribution in [1.82, 2.24) is 5.27 Å². The van der Waals surface area contributed by atoms with Crippen molar-refractivity contribution < 1.29 is 24.0 Å². The fourth-order valence-electron chi connectivity index (χ4n) is 4.38. The summed E-state index contributed by atoms with van der Waals surface area (Å²) in [6.45, 7) is 8.60. The summed E-state index contributed by atoms with van der Waals surface area (Å²) in [5.41, 5.74) is 2.96. The molecule has 1 fully saturated rings. The van der Waals surface area contributed by atoms with E-state index in [2.05, 4.69) is 34.0 Å². The molecule has 2 aliphatic heterocycles. The first-order chi connectivity index (χ1) is 19.6. The highest BCUT2D eigenvalue weighted by Gasteiger charge is 2.32. The number of aromatic nitrogens is 2. The second-order valence-corrected chi connectivity index (χ2v) is 9.93. The molecule has 40 heavy (non-hydrogen) atoms. The maximum atomic E-state index is 13.5. The minimum Gasteiger partial charge on any atom is -0.861 e. The molecule has 1 amide bonds. The molecule has 0 N–H and O–H groups in total.